The van der Waals surface area contributed by atoms with E-state index in [4.69, 9.17) is 0 Å². The molecule has 1 nitrogen and oxygen atoms in total. The first-order chi connectivity index (χ1) is 8.19. The molecule has 2 heteroatoms. The molecule has 17 heavy (non-hydrogen) atoms. The lowest BCUT2D eigenvalue weighted by Crippen LogP contribution is -2.35. The topological polar surface area (TPSA) is 3.24 Å². The van der Waals surface area contributed by atoms with Crippen LogP contribution in [0.25, 0.3) is 0 Å². The Morgan fingerprint density at radius 3 is 2.41 bits per heavy atom. The fraction of sp³-hybridized carbons (Fsp3) is 0.933. The van der Waals surface area contributed by atoms with Crippen LogP contribution in [0.1, 0.15) is 65.7 Å². The lowest BCUT2D eigenvalue weighted by molar-refractivity contribution is 0.356. The fourth-order valence-electron chi connectivity index (χ4n) is 2.66. The lowest BCUT2D eigenvalue weighted by Gasteiger charge is -2.28. The maximum absolute atomic E-state index is 3.94. The second-order valence-electron chi connectivity index (χ2n) is 5.66. The predicted octanol–water partition coefficient (Wildman–Crippen LogP) is 4.60. The van der Waals surface area contributed by atoms with Gasteiger partial charge in [-0.25, -0.2) is 0 Å². The zero-order valence-corrected chi connectivity index (χ0v) is 13.0. The third kappa shape index (κ3) is 5.10. The molecular formula is C15H30NP. The highest BCUT2D eigenvalue weighted by atomic mass is 31.0. The summed E-state index contributed by atoms with van der Waals surface area (Å²) < 4.78 is 0. The monoisotopic (exact) mass is 255 g/mol. The van der Waals surface area contributed by atoms with Gasteiger partial charge in [-0.05, 0) is 37.5 Å². The molecule has 1 unspecified atom stereocenters. The Labute approximate surface area is 110 Å². The highest BCUT2D eigenvalue weighted by Crippen LogP contribution is 2.28. The van der Waals surface area contributed by atoms with Gasteiger partial charge in [0.05, 0.1) is 0 Å². The van der Waals surface area contributed by atoms with Gasteiger partial charge in [-0.1, -0.05) is 40.0 Å². The van der Waals surface area contributed by atoms with E-state index < -0.39 is 0 Å². The summed E-state index contributed by atoms with van der Waals surface area (Å²) >= 11 is 0. The second kappa shape index (κ2) is 8.27. The van der Waals surface area contributed by atoms with Crippen LogP contribution in [0.3, 0.4) is 0 Å². The molecule has 0 aromatic heterocycles. The highest BCUT2D eigenvalue weighted by molar-refractivity contribution is 7.20. The first-order valence-corrected chi connectivity index (χ1v) is 8.02. The lowest BCUT2D eigenvalue weighted by atomic mass is 10.0. The summed E-state index contributed by atoms with van der Waals surface area (Å²) in [5, 5.41) is 0. The van der Waals surface area contributed by atoms with Gasteiger partial charge in [-0.3, -0.25) is 4.90 Å². The van der Waals surface area contributed by atoms with E-state index in [0.717, 1.165) is 11.8 Å². The molecule has 0 heterocycles. The summed E-state index contributed by atoms with van der Waals surface area (Å²) in [5.41, 5.74) is 1.49. The molecule has 0 aromatic rings. The van der Waals surface area contributed by atoms with Crippen molar-refractivity contribution < 1.29 is 0 Å². The van der Waals surface area contributed by atoms with Crippen LogP contribution in [0.15, 0.2) is 0 Å². The first kappa shape index (κ1) is 15.2. The van der Waals surface area contributed by atoms with E-state index in [0.29, 0.717) is 0 Å². The molecule has 0 saturated heterocycles. The van der Waals surface area contributed by atoms with Crippen molar-refractivity contribution in [3.8, 4) is 0 Å². The first-order valence-electron chi connectivity index (χ1n) is 7.52. The van der Waals surface area contributed by atoms with Crippen molar-refractivity contribution in [3.63, 3.8) is 0 Å². The van der Waals surface area contributed by atoms with Crippen molar-refractivity contribution in [3.05, 3.63) is 0 Å². The van der Waals surface area contributed by atoms with Crippen LogP contribution in [-0.4, -0.2) is 23.4 Å². The van der Waals surface area contributed by atoms with Crippen LogP contribution in [0.5, 0.6) is 0 Å². The molecule has 0 bridgehead atoms. The predicted molar refractivity (Wildman–Crippen MR) is 81.2 cm³/mol. The fourth-order valence-corrected chi connectivity index (χ4v) is 3.17. The Bertz CT molecular complexity index is 221. The molecule has 0 amide bonds. The minimum absolute atomic E-state index is 0.815. The molecule has 1 aliphatic carbocycles. The van der Waals surface area contributed by atoms with Gasteiger partial charge in [0.1, 0.15) is 0 Å². The van der Waals surface area contributed by atoms with Gasteiger partial charge < -0.3 is 0 Å². The van der Waals surface area contributed by atoms with Crippen LogP contribution in [-0.2, 0) is 0 Å². The third-order valence-corrected chi connectivity index (χ3v) is 4.89. The maximum atomic E-state index is 3.94. The van der Waals surface area contributed by atoms with Gasteiger partial charge in [-0.2, -0.15) is 0 Å². The van der Waals surface area contributed by atoms with Crippen LogP contribution in [0, 0.1) is 11.8 Å². The van der Waals surface area contributed by atoms with Gasteiger partial charge in [0.15, 0.2) is 0 Å². The quantitative estimate of drug-likeness (QED) is 0.573. The normalized spacial score (nSPS) is 18.8. The Kier molecular flexibility index (Phi) is 7.39. The molecule has 1 atom stereocenters. The van der Waals surface area contributed by atoms with Crippen molar-refractivity contribution in [2.75, 3.05) is 13.1 Å². The third-order valence-electron chi connectivity index (χ3n) is 4.16. The van der Waals surface area contributed by atoms with Crippen molar-refractivity contribution in [2.24, 2.45) is 11.8 Å². The SMILES string of the molecule is CCCN(CCC(C)CC)C(=P)C1CCCC1. The Morgan fingerprint density at radius 2 is 1.88 bits per heavy atom. The molecule has 100 valence electrons. The number of hydrogen-bond acceptors (Lipinski definition) is 0. The van der Waals surface area contributed by atoms with E-state index in [1.807, 2.05) is 0 Å². The van der Waals surface area contributed by atoms with Crippen LogP contribution in [0.2, 0.25) is 0 Å². The molecule has 0 N–H and O–H groups in total. The largest absolute Gasteiger partial charge is 0.275 e. The standard InChI is InChI=1S/C15H30NP/c1-4-11-16(12-10-13(3)5-2)15(17)14-8-6-7-9-14/h13-14,17H,4-12H2,1-3H3. The summed E-state index contributed by atoms with van der Waals surface area (Å²) in [6.07, 6.45) is 9.51. The molecule has 1 fully saturated rings. The average molecular weight is 255 g/mol. The maximum Gasteiger partial charge on any atom is 0.0175 e. The Hall–Kier alpha value is 0.130. The van der Waals surface area contributed by atoms with Crippen molar-refractivity contribution in [1.82, 2.24) is 4.90 Å². The van der Waals surface area contributed by atoms with Gasteiger partial charge in [0.25, 0.3) is 0 Å². The molecule has 0 radical (unpaired) electrons. The minimum atomic E-state index is 0.815. The molecule has 1 aliphatic rings. The van der Waals surface area contributed by atoms with Crippen LogP contribution < -0.4 is 0 Å². The van der Waals surface area contributed by atoms with Crippen LogP contribution >= 0.6 is 8.86 Å². The van der Waals surface area contributed by atoms with E-state index >= 15 is 0 Å². The summed E-state index contributed by atoms with van der Waals surface area (Å²) in [6.45, 7) is 9.39. The number of hydrogen-bond donors (Lipinski definition) is 0. The number of rotatable bonds is 8. The Morgan fingerprint density at radius 1 is 1.24 bits per heavy atom. The molecule has 0 aromatic carbocycles. The smallest absolute Gasteiger partial charge is 0.0175 e. The summed E-state index contributed by atoms with van der Waals surface area (Å²) in [7, 11) is 3.94. The number of nitrogens with zero attached hydrogens (tertiary/aromatic N) is 1. The molecular weight excluding hydrogens is 225 g/mol. The average Bonchev–Trinajstić information content (AvgIpc) is 2.86. The molecule has 0 spiro atoms. The van der Waals surface area contributed by atoms with E-state index in [1.54, 1.807) is 0 Å². The summed E-state index contributed by atoms with van der Waals surface area (Å²) in [5.74, 6) is 1.67. The Balaban J connectivity index is 2.42. The minimum Gasteiger partial charge on any atom is -0.275 e. The van der Waals surface area contributed by atoms with Crippen molar-refractivity contribution in [1.29, 1.82) is 0 Å². The second-order valence-corrected chi connectivity index (χ2v) is 6.17. The van der Waals surface area contributed by atoms with Gasteiger partial charge >= 0.3 is 0 Å². The van der Waals surface area contributed by atoms with E-state index in [2.05, 4.69) is 34.5 Å². The van der Waals surface area contributed by atoms with E-state index in [1.165, 1.54) is 63.5 Å². The summed E-state index contributed by atoms with van der Waals surface area (Å²) in [6, 6.07) is 0. The van der Waals surface area contributed by atoms with Crippen molar-refractivity contribution in [2.45, 2.75) is 65.7 Å². The van der Waals surface area contributed by atoms with Crippen LogP contribution in [0.4, 0.5) is 0 Å². The van der Waals surface area contributed by atoms with E-state index in [9.17, 15) is 0 Å². The zero-order chi connectivity index (χ0) is 12.7. The van der Waals surface area contributed by atoms with Gasteiger partial charge in [0, 0.05) is 18.5 Å². The van der Waals surface area contributed by atoms with Gasteiger partial charge in [0.2, 0.25) is 0 Å². The molecule has 1 saturated carbocycles. The van der Waals surface area contributed by atoms with E-state index in [-0.39, 0.29) is 0 Å². The zero-order valence-electron chi connectivity index (χ0n) is 12.0. The molecule has 1 rings (SSSR count). The summed E-state index contributed by atoms with van der Waals surface area (Å²) in [4.78, 5) is 2.60. The van der Waals surface area contributed by atoms with Gasteiger partial charge in [-0.15, -0.1) is 8.86 Å². The van der Waals surface area contributed by atoms with Crippen molar-refractivity contribution >= 4 is 14.3 Å². The molecule has 0 aliphatic heterocycles. The highest BCUT2D eigenvalue weighted by Gasteiger charge is 2.22.